The summed E-state index contributed by atoms with van der Waals surface area (Å²) in [5, 5.41) is 0.0208. The summed E-state index contributed by atoms with van der Waals surface area (Å²) in [7, 11) is 0. The highest BCUT2D eigenvalue weighted by Crippen LogP contribution is 2.21. The Kier molecular flexibility index (Phi) is 2.90. The largest absolute Gasteiger partial charge is 0.396 e. The number of carbonyl (C=O) groups is 1. The highest BCUT2D eigenvalue weighted by atomic mass is 32.2. The van der Waals surface area contributed by atoms with Crippen molar-refractivity contribution in [3.63, 3.8) is 0 Å². The maximum atomic E-state index is 11.2. The van der Waals surface area contributed by atoms with Gasteiger partial charge in [-0.2, -0.15) is 4.37 Å². The van der Waals surface area contributed by atoms with Gasteiger partial charge in [0.1, 0.15) is 4.88 Å². The standard InChI is InChI=1S/C6H8N2OS2/c1-2-10-6(9)5-4(7)3-8-11-5/h3H,2,7H2,1H3. The van der Waals surface area contributed by atoms with E-state index in [1.807, 2.05) is 6.92 Å². The predicted octanol–water partition coefficient (Wildman–Crippen LogP) is 1.62. The molecule has 0 atom stereocenters. The molecule has 1 heterocycles. The molecule has 1 aromatic heterocycles. The molecule has 0 fully saturated rings. The lowest BCUT2D eigenvalue weighted by Crippen LogP contribution is -1.94. The summed E-state index contributed by atoms with van der Waals surface area (Å²) in [5.41, 5.74) is 5.97. The number of carbonyl (C=O) groups excluding carboxylic acids is 1. The Bertz CT molecular complexity index is 259. The first-order valence-electron chi connectivity index (χ1n) is 3.13. The molecular weight excluding hydrogens is 180 g/mol. The fourth-order valence-corrected chi connectivity index (χ4v) is 1.90. The zero-order valence-corrected chi connectivity index (χ0v) is 7.67. The zero-order chi connectivity index (χ0) is 8.27. The highest BCUT2D eigenvalue weighted by Gasteiger charge is 2.11. The van der Waals surface area contributed by atoms with Crippen LogP contribution in [0.25, 0.3) is 0 Å². The number of hydrogen-bond donors (Lipinski definition) is 1. The van der Waals surface area contributed by atoms with Crippen LogP contribution in [-0.4, -0.2) is 15.2 Å². The van der Waals surface area contributed by atoms with Gasteiger partial charge in [0, 0.05) is 0 Å². The molecule has 1 aromatic rings. The van der Waals surface area contributed by atoms with Gasteiger partial charge < -0.3 is 5.73 Å². The molecule has 0 aromatic carbocycles. The van der Waals surface area contributed by atoms with E-state index in [2.05, 4.69) is 4.37 Å². The molecule has 0 aliphatic carbocycles. The van der Waals surface area contributed by atoms with E-state index in [1.165, 1.54) is 18.0 Å². The summed E-state index contributed by atoms with van der Waals surface area (Å²) < 4.78 is 3.81. The van der Waals surface area contributed by atoms with E-state index in [0.717, 1.165) is 17.3 Å². The Hall–Kier alpha value is -0.550. The van der Waals surface area contributed by atoms with Crippen molar-refractivity contribution in [1.82, 2.24) is 4.37 Å². The molecule has 2 N–H and O–H groups in total. The molecule has 0 aliphatic heterocycles. The summed E-state index contributed by atoms with van der Waals surface area (Å²) >= 11 is 2.41. The van der Waals surface area contributed by atoms with E-state index in [4.69, 9.17) is 5.73 Å². The average molecular weight is 188 g/mol. The Morgan fingerprint density at radius 1 is 1.91 bits per heavy atom. The lowest BCUT2D eigenvalue weighted by Gasteiger charge is -1.93. The number of aromatic nitrogens is 1. The fourth-order valence-electron chi connectivity index (χ4n) is 0.599. The molecule has 3 nitrogen and oxygen atoms in total. The van der Waals surface area contributed by atoms with E-state index in [1.54, 1.807) is 0 Å². The Labute approximate surface area is 73.2 Å². The van der Waals surface area contributed by atoms with Crippen LogP contribution < -0.4 is 5.73 Å². The Balaban J connectivity index is 2.76. The van der Waals surface area contributed by atoms with Crippen LogP contribution in [0.2, 0.25) is 0 Å². The van der Waals surface area contributed by atoms with Gasteiger partial charge in [-0.05, 0) is 17.3 Å². The topological polar surface area (TPSA) is 56.0 Å². The summed E-state index contributed by atoms with van der Waals surface area (Å²) in [5.74, 6) is 0.774. The van der Waals surface area contributed by atoms with E-state index in [9.17, 15) is 4.79 Å². The van der Waals surface area contributed by atoms with Crippen LogP contribution in [0.15, 0.2) is 6.20 Å². The number of thioether (sulfide) groups is 1. The van der Waals surface area contributed by atoms with E-state index in [-0.39, 0.29) is 5.12 Å². The first-order valence-corrected chi connectivity index (χ1v) is 4.89. The lowest BCUT2D eigenvalue weighted by molar-refractivity contribution is 0.109. The molecule has 0 saturated carbocycles. The molecule has 0 radical (unpaired) electrons. The van der Waals surface area contributed by atoms with Crippen LogP contribution in [0.1, 0.15) is 16.6 Å². The second kappa shape index (κ2) is 3.73. The van der Waals surface area contributed by atoms with Crippen molar-refractivity contribution in [3.05, 3.63) is 11.1 Å². The van der Waals surface area contributed by atoms with Gasteiger partial charge in [-0.25, -0.2) is 0 Å². The summed E-state index contributed by atoms with van der Waals surface area (Å²) in [4.78, 5) is 11.7. The van der Waals surface area contributed by atoms with Gasteiger partial charge in [-0.3, -0.25) is 4.79 Å². The molecule has 60 valence electrons. The predicted molar refractivity (Wildman–Crippen MR) is 49.0 cm³/mol. The number of hydrogen-bond acceptors (Lipinski definition) is 5. The van der Waals surface area contributed by atoms with Gasteiger partial charge in [0.2, 0.25) is 5.12 Å². The molecule has 0 amide bonds. The average Bonchev–Trinajstić information content (AvgIpc) is 2.36. The second-order valence-corrected chi connectivity index (χ2v) is 3.87. The molecule has 1 rings (SSSR count). The summed E-state index contributed by atoms with van der Waals surface area (Å²) in [6.07, 6.45) is 1.51. The monoisotopic (exact) mass is 188 g/mol. The molecular formula is C6H8N2OS2. The second-order valence-electron chi connectivity index (χ2n) is 1.83. The van der Waals surface area contributed by atoms with Gasteiger partial charge in [-0.1, -0.05) is 18.7 Å². The van der Waals surface area contributed by atoms with Crippen molar-refractivity contribution < 1.29 is 4.79 Å². The summed E-state index contributed by atoms with van der Waals surface area (Å²) in [6.45, 7) is 1.93. The maximum absolute atomic E-state index is 11.2. The van der Waals surface area contributed by atoms with Crippen LogP contribution in [0.4, 0.5) is 5.69 Å². The zero-order valence-electron chi connectivity index (χ0n) is 6.03. The minimum absolute atomic E-state index is 0.0208. The van der Waals surface area contributed by atoms with Crippen molar-refractivity contribution in [3.8, 4) is 0 Å². The van der Waals surface area contributed by atoms with Gasteiger partial charge >= 0.3 is 0 Å². The molecule has 0 bridgehead atoms. The molecule has 0 aliphatic rings. The van der Waals surface area contributed by atoms with Crippen molar-refractivity contribution in [2.45, 2.75) is 6.92 Å². The van der Waals surface area contributed by atoms with Crippen LogP contribution in [0, 0.1) is 0 Å². The number of nitrogens with zero attached hydrogens (tertiary/aromatic N) is 1. The highest BCUT2D eigenvalue weighted by molar-refractivity contribution is 8.14. The van der Waals surface area contributed by atoms with Crippen molar-refractivity contribution in [1.29, 1.82) is 0 Å². The summed E-state index contributed by atoms with van der Waals surface area (Å²) in [6, 6.07) is 0. The Morgan fingerprint density at radius 3 is 3.09 bits per heavy atom. The third-order valence-corrected chi connectivity index (χ3v) is 2.76. The van der Waals surface area contributed by atoms with Crippen molar-refractivity contribution in [2.24, 2.45) is 0 Å². The first kappa shape index (κ1) is 8.55. The van der Waals surface area contributed by atoms with E-state index < -0.39 is 0 Å². The number of nitrogen functional groups attached to an aromatic ring is 1. The number of anilines is 1. The number of rotatable bonds is 2. The van der Waals surface area contributed by atoms with Gasteiger partial charge in [0.05, 0.1) is 11.9 Å². The van der Waals surface area contributed by atoms with Crippen molar-refractivity contribution >= 4 is 34.1 Å². The molecule has 5 heteroatoms. The molecule has 0 spiro atoms. The number of nitrogens with two attached hydrogens (primary N) is 1. The third-order valence-electron chi connectivity index (χ3n) is 1.06. The quantitative estimate of drug-likeness (QED) is 0.766. The maximum Gasteiger partial charge on any atom is 0.233 e. The first-order chi connectivity index (χ1) is 5.25. The minimum atomic E-state index is 0.0208. The van der Waals surface area contributed by atoms with Gasteiger partial charge in [0.15, 0.2) is 0 Å². The Morgan fingerprint density at radius 2 is 2.64 bits per heavy atom. The fraction of sp³-hybridized carbons (Fsp3) is 0.333. The van der Waals surface area contributed by atoms with Crippen LogP contribution in [-0.2, 0) is 0 Å². The van der Waals surface area contributed by atoms with Gasteiger partial charge in [-0.15, -0.1) is 0 Å². The van der Waals surface area contributed by atoms with Crippen LogP contribution >= 0.6 is 23.3 Å². The molecule has 11 heavy (non-hydrogen) atoms. The molecule has 0 unspecified atom stereocenters. The third kappa shape index (κ3) is 1.94. The normalized spacial score (nSPS) is 9.91. The van der Waals surface area contributed by atoms with Gasteiger partial charge in [0.25, 0.3) is 0 Å². The lowest BCUT2D eigenvalue weighted by atomic mass is 10.4. The van der Waals surface area contributed by atoms with Crippen LogP contribution in [0.5, 0.6) is 0 Å². The van der Waals surface area contributed by atoms with Crippen LogP contribution in [0.3, 0.4) is 0 Å². The van der Waals surface area contributed by atoms with E-state index >= 15 is 0 Å². The smallest absolute Gasteiger partial charge is 0.233 e. The van der Waals surface area contributed by atoms with E-state index in [0.29, 0.717) is 10.6 Å². The minimum Gasteiger partial charge on any atom is -0.396 e. The molecule has 0 saturated heterocycles. The van der Waals surface area contributed by atoms with Crippen molar-refractivity contribution in [2.75, 3.05) is 11.5 Å². The SMILES string of the molecule is CCSC(=O)c1sncc1N.